The Balaban J connectivity index is 1.36. The molecule has 1 atom stereocenters. The molecule has 1 amide bonds. The van der Waals surface area contributed by atoms with Crippen molar-refractivity contribution >= 4 is 21.6 Å². The van der Waals surface area contributed by atoms with Gasteiger partial charge in [-0.25, -0.2) is 8.42 Å². The molecule has 1 aliphatic carbocycles. The van der Waals surface area contributed by atoms with Gasteiger partial charge in [0.15, 0.2) is 0 Å². The second-order valence-electron chi connectivity index (χ2n) is 7.18. The summed E-state index contributed by atoms with van der Waals surface area (Å²) in [6.45, 7) is 1.97. The van der Waals surface area contributed by atoms with Gasteiger partial charge in [-0.3, -0.25) is 14.4 Å². The molecule has 1 saturated heterocycles. The molecule has 0 bridgehead atoms. The van der Waals surface area contributed by atoms with Crippen LogP contribution in [0.15, 0.2) is 59.5 Å². The quantitative estimate of drug-likeness (QED) is 0.801. The number of nitrogens with one attached hydrogen (secondary N) is 2. The van der Waals surface area contributed by atoms with Gasteiger partial charge in [0.25, 0.3) is 15.9 Å². The fourth-order valence-electron chi connectivity index (χ4n) is 3.45. The highest BCUT2D eigenvalue weighted by molar-refractivity contribution is 7.92. The molecule has 1 unspecified atom stereocenters. The summed E-state index contributed by atoms with van der Waals surface area (Å²) >= 11 is 0. The van der Waals surface area contributed by atoms with Crippen LogP contribution in [-0.2, 0) is 10.0 Å². The van der Waals surface area contributed by atoms with Crippen LogP contribution in [0.1, 0.15) is 29.6 Å². The summed E-state index contributed by atoms with van der Waals surface area (Å²) < 4.78 is 27.2. The fourth-order valence-corrected chi connectivity index (χ4v) is 4.53. The maximum absolute atomic E-state index is 12.4. The van der Waals surface area contributed by atoms with Gasteiger partial charge in [-0.2, -0.15) is 0 Å². The van der Waals surface area contributed by atoms with Crippen LogP contribution in [0.3, 0.4) is 0 Å². The van der Waals surface area contributed by atoms with E-state index in [0.717, 1.165) is 25.6 Å². The second-order valence-corrected chi connectivity index (χ2v) is 8.86. The number of carbonyl (C=O) groups is 1. The zero-order chi connectivity index (χ0) is 18.9. The first-order valence-electron chi connectivity index (χ1n) is 9.24. The topological polar surface area (TPSA) is 78.5 Å². The van der Waals surface area contributed by atoms with Crippen molar-refractivity contribution in [3.8, 4) is 0 Å². The lowest BCUT2D eigenvalue weighted by atomic mass is 10.1. The van der Waals surface area contributed by atoms with Gasteiger partial charge in [0.2, 0.25) is 0 Å². The highest BCUT2D eigenvalue weighted by Crippen LogP contribution is 2.29. The van der Waals surface area contributed by atoms with Gasteiger partial charge < -0.3 is 5.32 Å². The molecule has 142 valence electrons. The minimum absolute atomic E-state index is 0.116. The van der Waals surface area contributed by atoms with Crippen molar-refractivity contribution in [3.63, 3.8) is 0 Å². The number of benzene rings is 2. The van der Waals surface area contributed by atoms with Gasteiger partial charge in [0.1, 0.15) is 0 Å². The zero-order valence-corrected chi connectivity index (χ0v) is 15.8. The summed E-state index contributed by atoms with van der Waals surface area (Å²) in [6, 6.07) is 15.6. The molecular weight excluding hydrogens is 362 g/mol. The Morgan fingerprint density at radius 3 is 2.33 bits per heavy atom. The van der Waals surface area contributed by atoms with E-state index in [2.05, 4.69) is 14.9 Å². The summed E-state index contributed by atoms with van der Waals surface area (Å²) in [5, 5.41) is 3.08. The second kappa shape index (κ2) is 7.32. The van der Waals surface area contributed by atoms with Crippen LogP contribution < -0.4 is 10.0 Å². The molecule has 2 aromatic carbocycles. The van der Waals surface area contributed by atoms with Crippen LogP contribution in [0.25, 0.3) is 0 Å². The van der Waals surface area contributed by atoms with Crippen molar-refractivity contribution in [2.75, 3.05) is 17.8 Å². The van der Waals surface area contributed by atoms with Crippen LogP contribution in [0.4, 0.5) is 5.69 Å². The minimum Gasteiger partial charge on any atom is -0.348 e. The Morgan fingerprint density at radius 2 is 1.67 bits per heavy atom. The molecule has 1 saturated carbocycles. The standard InChI is InChI=1S/C20H23N3O3S/c24-20(21-17-12-13-23(14-17)18-10-11-18)15-6-8-16(9-7-15)22-27(25,26)19-4-2-1-3-5-19/h1-9,17-18,22H,10-14H2,(H,21,24). The highest BCUT2D eigenvalue weighted by Gasteiger charge is 2.34. The van der Waals surface area contributed by atoms with Crippen molar-refractivity contribution in [3.05, 3.63) is 60.2 Å². The van der Waals surface area contributed by atoms with Crippen molar-refractivity contribution in [1.82, 2.24) is 10.2 Å². The Bertz CT molecular complexity index is 909. The third-order valence-electron chi connectivity index (χ3n) is 5.07. The fraction of sp³-hybridized carbons (Fsp3) is 0.350. The van der Waals surface area contributed by atoms with Gasteiger partial charge in [-0.05, 0) is 55.7 Å². The molecule has 0 radical (unpaired) electrons. The average Bonchev–Trinajstić information content (AvgIpc) is 3.42. The van der Waals surface area contributed by atoms with Crippen LogP contribution in [-0.4, -0.2) is 44.4 Å². The largest absolute Gasteiger partial charge is 0.348 e. The van der Waals surface area contributed by atoms with Gasteiger partial charge in [-0.1, -0.05) is 18.2 Å². The van der Waals surface area contributed by atoms with E-state index in [1.165, 1.54) is 25.0 Å². The van der Waals surface area contributed by atoms with Crippen LogP contribution in [0, 0.1) is 0 Å². The first-order valence-corrected chi connectivity index (χ1v) is 10.7. The molecule has 2 aliphatic rings. The van der Waals surface area contributed by atoms with Crippen molar-refractivity contribution < 1.29 is 13.2 Å². The van der Waals surface area contributed by atoms with Gasteiger partial charge in [-0.15, -0.1) is 0 Å². The average molecular weight is 385 g/mol. The van der Waals surface area contributed by atoms with E-state index < -0.39 is 10.0 Å². The number of sulfonamides is 1. The molecular formula is C20H23N3O3S. The molecule has 0 aromatic heterocycles. The Kier molecular flexibility index (Phi) is 4.88. The summed E-state index contributed by atoms with van der Waals surface area (Å²) in [7, 11) is -3.63. The summed E-state index contributed by atoms with van der Waals surface area (Å²) in [6.07, 6.45) is 3.54. The number of anilines is 1. The van der Waals surface area contributed by atoms with E-state index in [1.54, 1.807) is 42.5 Å². The first-order chi connectivity index (χ1) is 13.0. The number of amides is 1. The molecule has 27 heavy (non-hydrogen) atoms. The van der Waals surface area contributed by atoms with E-state index in [0.29, 0.717) is 11.3 Å². The van der Waals surface area contributed by atoms with Crippen LogP contribution >= 0.6 is 0 Å². The molecule has 2 N–H and O–H groups in total. The van der Waals surface area contributed by atoms with E-state index in [4.69, 9.17) is 0 Å². The predicted molar refractivity (Wildman–Crippen MR) is 104 cm³/mol. The van der Waals surface area contributed by atoms with Gasteiger partial charge in [0, 0.05) is 36.4 Å². The third kappa shape index (κ3) is 4.31. The number of hydrogen-bond acceptors (Lipinski definition) is 4. The number of rotatable bonds is 6. The van der Waals surface area contributed by atoms with E-state index >= 15 is 0 Å². The maximum atomic E-state index is 12.4. The molecule has 2 fully saturated rings. The number of carbonyl (C=O) groups excluding carboxylic acids is 1. The smallest absolute Gasteiger partial charge is 0.261 e. The monoisotopic (exact) mass is 385 g/mol. The lowest BCUT2D eigenvalue weighted by Crippen LogP contribution is -2.37. The minimum atomic E-state index is -3.63. The lowest BCUT2D eigenvalue weighted by Gasteiger charge is -2.16. The zero-order valence-electron chi connectivity index (χ0n) is 15.0. The van der Waals surface area contributed by atoms with Gasteiger partial charge in [0.05, 0.1) is 4.90 Å². The predicted octanol–water partition coefficient (Wildman–Crippen LogP) is 2.45. The first kappa shape index (κ1) is 18.0. The molecule has 1 heterocycles. The van der Waals surface area contributed by atoms with Crippen molar-refractivity contribution in [2.24, 2.45) is 0 Å². The molecule has 4 rings (SSSR count). The van der Waals surface area contributed by atoms with E-state index in [1.807, 2.05) is 0 Å². The van der Waals surface area contributed by atoms with E-state index in [-0.39, 0.29) is 16.8 Å². The Morgan fingerprint density at radius 1 is 0.963 bits per heavy atom. The Hall–Kier alpha value is -2.38. The molecule has 2 aromatic rings. The summed E-state index contributed by atoms with van der Waals surface area (Å²) in [4.78, 5) is 15.1. The normalized spacial score (nSPS) is 20.4. The Labute approximate surface area is 159 Å². The van der Waals surface area contributed by atoms with E-state index in [9.17, 15) is 13.2 Å². The molecule has 1 aliphatic heterocycles. The maximum Gasteiger partial charge on any atom is 0.261 e. The summed E-state index contributed by atoms with van der Waals surface area (Å²) in [5.74, 6) is -0.116. The summed E-state index contributed by atoms with van der Waals surface area (Å²) in [5.41, 5.74) is 0.957. The molecule has 0 spiro atoms. The lowest BCUT2D eigenvalue weighted by molar-refractivity contribution is 0.0937. The van der Waals surface area contributed by atoms with Crippen LogP contribution in [0.2, 0.25) is 0 Å². The van der Waals surface area contributed by atoms with Crippen molar-refractivity contribution in [1.29, 1.82) is 0 Å². The number of nitrogens with zero attached hydrogens (tertiary/aromatic N) is 1. The van der Waals surface area contributed by atoms with Crippen LogP contribution in [0.5, 0.6) is 0 Å². The van der Waals surface area contributed by atoms with Crippen molar-refractivity contribution in [2.45, 2.75) is 36.2 Å². The highest BCUT2D eigenvalue weighted by atomic mass is 32.2. The van der Waals surface area contributed by atoms with Gasteiger partial charge >= 0.3 is 0 Å². The molecule has 7 heteroatoms. The number of likely N-dealkylation sites (tertiary alicyclic amines) is 1. The third-order valence-corrected chi connectivity index (χ3v) is 6.47. The number of hydrogen-bond donors (Lipinski definition) is 2. The SMILES string of the molecule is O=C(NC1CCN(C2CC2)C1)c1ccc(NS(=O)(=O)c2ccccc2)cc1. The molecule has 6 nitrogen and oxygen atoms in total.